The summed E-state index contributed by atoms with van der Waals surface area (Å²) in [6, 6.07) is 0. The number of halogens is 1. The van der Waals surface area contributed by atoms with Crippen molar-refractivity contribution >= 4 is 17.4 Å². The van der Waals surface area contributed by atoms with Gasteiger partial charge in [-0.3, -0.25) is 9.48 Å². The van der Waals surface area contributed by atoms with Crippen molar-refractivity contribution in [3.05, 3.63) is 16.9 Å². The monoisotopic (exact) mass is 290 g/mol. The third-order valence-corrected chi connectivity index (χ3v) is 2.66. The van der Waals surface area contributed by atoms with E-state index in [0.717, 1.165) is 0 Å². The molecule has 0 aromatic carbocycles. The van der Waals surface area contributed by atoms with Crippen LogP contribution in [-0.2, 0) is 20.8 Å². The van der Waals surface area contributed by atoms with Gasteiger partial charge in [-0.05, 0) is 13.8 Å². The highest BCUT2D eigenvalue weighted by atomic mass is 35.5. The molecular formula is C12H19ClN2O4. The third kappa shape index (κ3) is 4.28. The van der Waals surface area contributed by atoms with Crippen LogP contribution in [0.5, 0.6) is 0 Å². The zero-order valence-electron chi connectivity index (χ0n) is 11.4. The second-order valence-corrected chi connectivity index (χ2v) is 4.07. The molecule has 7 heteroatoms. The molecule has 1 heterocycles. The topological polar surface area (TPSA) is 62.6 Å². The van der Waals surface area contributed by atoms with Gasteiger partial charge in [-0.25, -0.2) is 0 Å². The van der Waals surface area contributed by atoms with Crippen molar-refractivity contribution in [2.24, 2.45) is 0 Å². The summed E-state index contributed by atoms with van der Waals surface area (Å²) in [6.45, 7) is 5.22. The summed E-state index contributed by atoms with van der Waals surface area (Å²) in [6.07, 6.45) is 0.477. The lowest BCUT2D eigenvalue weighted by molar-refractivity contribution is -0.107. The van der Waals surface area contributed by atoms with Gasteiger partial charge in [-0.1, -0.05) is 11.6 Å². The number of rotatable bonds is 9. The van der Waals surface area contributed by atoms with Crippen molar-refractivity contribution in [3.8, 4) is 0 Å². The summed E-state index contributed by atoms with van der Waals surface area (Å²) < 4.78 is 17.0. The van der Waals surface area contributed by atoms with Crippen LogP contribution in [0.15, 0.2) is 6.20 Å². The van der Waals surface area contributed by atoms with Crippen LogP contribution in [-0.4, -0.2) is 48.8 Å². The lowest BCUT2D eigenvalue weighted by Crippen LogP contribution is -2.30. The van der Waals surface area contributed by atoms with Crippen molar-refractivity contribution in [2.45, 2.75) is 26.7 Å². The molecule has 0 unspecified atom stereocenters. The van der Waals surface area contributed by atoms with E-state index in [0.29, 0.717) is 26.4 Å². The number of carbonyl (C=O) groups is 1. The minimum atomic E-state index is -0.953. The normalized spacial score (nSPS) is 11.2. The average Bonchev–Trinajstić information content (AvgIpc) is 2.76. The molecule has 0 saturated carbocycles. The molecule has 6 nitrogen and oxygen atoms in total. The maximum Gasteiger partial charge on any atom is 0.238 e. The molecule has 1 rings (SSSR count). The Balaban J connectivity index is 2.92. The summed E-state index contributed by atoms with van der Waals surface area (Å²) in [5.41, 5.74) is 0.283. The van der Waals surface area contributed by atoms with E-state index in [4.69, 9.17) is 25.8 Å². The number of Topliss-reactive ketones (excluding diaryl/α,β-unsaturated/α-hetero) is 1. The number of ketones is 1. The highest BCUT2D eigenvalue weighted by Gasteiger charge is 2.27. The van der Waals surface area contributed by atoms with E-state index in [-0.39, 0.29) is 16.5 Å². The highest BCUT2D eigenvalue weighted by molar-refractivity contribution is 6.33. The van der Waals surface area contributed by atoms with E-state index >= 15 is 0 Å². The Kier molecular flexibility index (Phi) is 7.01. The molecule has 0 radical (unpaired) electrons. The van der Waals surface area contributed by atoms with Crippen molar-refractivity contribution in [1.29, 1.82) is 0 Å². The van der Waals surface area contributed by atoms with Gasteiger partial charge in [0.2, 0.25) is 12.1 Å². The van der Waals surface area contributed by atoms with Gasteiger partial charge in [0.1, 0.15) is 5.69 Å². The number of carbonyl (C=O) groups excluding carboxylic acids is 1. The standard InChI is InChI=1S/C12H19ClN2O4/c1-4-18-12(19-5-2)11(16)10-9(13)8-14-15(10)6-7-17-3/h8,12H,4-7H2,1-3H3. The Morgan fingerprint density at radius 2 is 2.05 bits per heavy atom. The van der Waals surface area contributed by atoms with Crippen molar-refractivity contribution in [3.63, 3.8) is 0 Å². The summed E-state index contributed by atoms with van der Waals surface area (Å²) in [7, 11) is 1.58. The number of aromatic nitrogens is 2. The fourth-order valence-electron chi connectivity index (χ4n) is 1.57. The summed E-state index contributed by atoms with van der Waals surface area (Å²) in [5.74, 6) is -0.331. The van der Waals surface area contributed by atoms with Gasteiger partial charge in [0.25, 0.3) is 0 Å². The van der Waals surface area contributed by atoms with Gasteiger partial charge < -0.3 is 14.2 Å². The molecular weight excluding hydrogens is 272 g/mol. The smallest absolute Gasteiger partial charge is 0.238 e. The predicted octanol–water partition coefficient (Wildman–Crippen LogP) is 1.76. The van der Waals surface area contributed by atoms with E-state index in [1.807, 2.05) is 0 Å². The first-order valence-electron chi connectivity index (χ1n) is 6.13. The van der Waals surface area contributed by atoms with Gasteiger partial charge in [-0.15, -0.1) is 0 Å². The predicted molar refractivity (Wildman–Crippen MR) is 70.5 cm³/mol. The molecule has 1 aromatic heterocycles. The first-order chi connectivity index (χ1) is 9.15. The van der Waals surface area contributed by atoms with Gasteiger partial charge in [0.05, 0.1) is 24.4 Å². The molecule has 0 spiro atoms. The van der Waals surface area contributed by atoms with Gasteiger partial charge >= 0.3 is 0 Å². The average molecular weight is 291 g/mol. The van der Waals surface area contributed by atoms with Crippen molar-refractivity contribution in [1.82, 2.24) is 9.78 Å². The summed E-state index contributed by atoms with van der Waals surface area (Å²) >= 11 is 6.01. The number of nitrogens with zero attached hydrogens (tertiary/aromatic N) is 2. The van der Waals surface area contributed by atoms with Crippen LogP contribution in [0.25, 0.3) is 0 Å². The van der Waals surface area contributed by atoms with Crippen LogP contribution < -0.4 is 0 Å². The quantitative estimate of drug-likeness (QED) is 0.512. The van der Waals surface area contributed by atoms with Crippen LogP contribution in [0.4, 0.5) is 0 Å². The molecule has 0 bridgehead atoms. The van der Waals surface area contributed by atoms with Gasteiger partial charge in [0.15, 0.2) is 0 Å². The summed E-state index contributed by atoms with van der Waals surface area (Å²) in [4.78, 5) is 12.4. The lowest BCUT2D eigenvalue weighted by Gasteiger charge is -2.16. The number of methoxy groups -OCH3 is 1. The molecule has 0 amide bonds. The van der Waals surface area contributed by atoms with Crippen LogP contribution >= 0.6 is 11.6 Å². The van der Waals surface area contributed by atoms with Crippen LogP contribution in [0.3, 0.4) is 0 Å². The molecule has 0 fully saturated rings. The van der Waals surface area contributed by atoms with Crippen molar-refractivity contribution in [2.75, 3.05) is 26.9 Å². The molecule has 0 aliphatic carbocycles. The number of hydrogen-bond donors (Lipinski definition) is 0. The Hall–Kier alpha value is -0.950. The molecule has 1 aromatic rings. The molecule has 0 atom stereocenters. The fraction of sp³-hybridized carbons (Fsp3) is 0.667. The van der Waals surface area contributed by atoms with E-state index < -0.39 is 6.29 Å². The molecule has 0 aliphatic heterocycles. The van der Waals surface area contributed by atoms with Gasteiger partial charge in [-0.2, -0.15) is 5.10 Å². The molecule has 0 saturated heterocycles. The van der Waals surface area contributed by atoms with E-state index in [1.54, 1.807) is 21.0 Å². The summed E-state index contributed by atoms with van der Waals surface area (Å²) in [5, 5.41) is 4.33. The number of hydrogen-bond acceptors (Lipinski definition) is 5. The highest BCUT2D eigenvalue weighted by Crippen LogP contribution is 2.18. The fourth-order valence-corrected chi connectivity index (χ4v) is 1.80. The minimum Gasteiger partial charge on any atom is -0.383 e. The second-order valence-electron chi connectivity index (χ2n) is 3.66. The minimum absolute atomic E-state index is 0.283. The van der Waals surface area contributed by atoms with Crippen LogP contribution in [0, 0.1) is 0 Å². The Morgan fingerprint density at radius 1 is 1.42 bits per heavy atom. The van der Waals surface area contributed by atoms with E-state index in [1.165, 1.54) is 10.9 Å². The SMILES string of the molecule is CCOC(OCC)C(=O)c1c(Cl)cnn1CCOC. The Bertz CT molecular complexity index is 402. The molecule has 108 valence electrons. The van der Waals surface area contributed by atoms with Crippen LogP contribution in [0.2, 0.25) is 5.02 Å². The zero-order chi connectivity index (χ0) is 14.3. The maximum absolute atomic E-state index is 12.4. The lowest BCUT2D eigenvalue weighted by atomic mass is 10.2. The molecule has 19 heavy (non-hydrogen) atoms. The van der Waals surface area contributed by atoms with Crippen LogP contribution in [0.1, 0.15) is 24.3 Å². The number of ether oxygens (including phenoxy) is 3. The van der Waals surface area contributed by atoms with Crippen molar-refractivity contribution < 1.29 is 19.0 Å². The molecule has 0 aliphatic rings. The Morgan fingerprint density at radius 3 is 2.58 bits per heavy atom. The first-order valence-corrected chi connectivity index (χ1v) is 6.51. The van der Waals surface area contributed by atoms with E-state index in [9.17, 15) is 4.79 Å². The third-order valence-electron chi connectivity index (χ3n) is 2.39. The second kappa shape index (κ2) is 8.27. The first kappa shape index (κ1) is 16.1. The largest absolute Gasteiger partial charge is 0.383 e. The maximum atomic E-state index is 12.4. The Labute approximate surface area is 117 Å². The zero-order valence-corrected chi connectivity index (χ0v) is 12.1. The van der Waals surface area contributed by atoms with E-state index in [2.05, 4.69) is 5.10 Å². The van der Waals surface area contributed by atoms with Gasteiger partial charge in [0, 0.05) is 20.3 Å². The molecule has 0 N–H and O–H groups in total.